The molecule has 0 aromatic heterocycles. The maximum Gasteiger partial charge on any atom is 0.0404 e. The molecular weight excluding hydrogens is 283 g/mol. The van der Waals surface area contributed by atoms with E-state index in [0.29, 0.717) is 3.42 Å². The summed E-state index contributed by atoms with van der Waals surface area (Å²) in [5.74, 6) is 0.987. The van der Waals surface area contributed by atoms with Crippen molar-refractivity contribution < 1.29 is 0 Å². The lowest BCUT2D eigenvalue weighted by Gasteiger charge is -2.39. The summed E-state index contributed by atoms with van der Waals surface area (Å²) in [5.41, 5.74) is 3.67. The fourth-order valence-electron chi connectivity index (χ4n) is 3.05. The first kappa shape index (κ1) is 11.0. The van der Waals surface area contributed by atoms with Crippen LogP contribution in [0.2, 0.25) is 0 Å². The minimum Gasteiger partial charge on any atom is -0.0743 e. The predicted octanol–water partition coefficient (Wildman–Crippen LogP) is 4.87. The van der Waals surface area contributed by atoms with Crippen LogP contribution in [-0.4, -0.2) is 3.42 Å². The number of alkyl halides is 1. The first-order valence-corrected chi connectivity index (χ1v) is 7.11. The largest absolute Gasteiger partial charge is 0.0743 e. The second kappa shape index (κ2) is 4.15. The smallest absolute Gasteiger partial charge is 0.0404 e. The fraction of sp³-hybridized carbons (Fsp3) is 0.846. The van der Waals surface area contributed by atoms with Crippen LogP contribution in [0.5, 0.6) is 0 Å². The van der Waals surface area contributed by atoms with E-state index in [9.17, 15) is 0 Å². The highest BCUT2D eigenvalue weighted by molar-refractivity contribution is 14.1. The van der Waals surface area contributed by atoms with Gasteiger partial charge in [-0.2, -0.15) is 0 Å². The third-order valence-electron chi connectivity index (χ3n) is 4.11. The molecule has 14 heavy (non-hydrogen) atoms. The van der Waals surface area contributed by atoms with Gasteiger partial charge in [-0.15, -0.1) is 0 Å². The van der Waals surface area contributed by atoms with Crippen molar-refractivity contribution in [3.8, 4) is 0 Å². The molecule has 0 fully saturated rings. The SMILES string of the molecule is CCC1CCC2=C(C1)C(C)(I)CCC2. The monoisotopic (exact) mass is 304 g/mol. The molecule has 0 saturated heterocycles. The minimum atomic E-state index is 0.499. The van der Waals surface area contributed by atoms with Gasteiger partial charge in [0.1, 0.15) is 0 Å². The fourth-order valence-corrected chi connectivity index (χ4v) is 4.04. The molecule has 1 heteroatoms. The molecule has 0 heterocycles. The van der Waals surface area contributed by atoms with E-state index in [2.05, 4.69) is 36.4 Å². The summed E-state index contributed by atoms with van der Waals surface area (Å²) in [7, 11) is 0. The van der Waals surface area contributed by atoms with E-state index in [4.69, 9.17) is 0 Å². The molecule has 0 bridgehead atoms. The van der Waals surface area contributed by atoms with Crippen LogP contribution in [0, 0.1) is 5.92 Å². The van der Waals surface area contributed by atoms with E-state index < -0.39 is 0 Å². The van der Waals surface area contributed by atoms with Gasteiger partial charge in [0.05, 0.1) is 0 Å². The lowest BCUT2D eigenvalue weighted by Crippen LogP contribution is -2.28. The van der Waals surface area contributed by atoms with Crippen molar-refractivity contribution in [2.75, 3.05) is 0 Å². The Balaban J connectivity index is 2.22. The molecule has 0 aromatic rings. The molecule has 2 aliphatic carbocycles. The van der Waals surface area contributed by atoms with Crippen molar-refractivity contribution in [3.05, 3.63) is 11.1 Å². The van der Waals surface area contributed by atoms with Crippen LogP contribution in [0.3, 0.4) is 0 Å². The summed E-state index contributed by atoms with van der Waals surface area (Å²) in [6.07, 6.45) is 9.89. The van der Waals surface area contributed by atoms with Crippen LogP contribution in [0.15, 0.2) is 11.1 Å². The highest BCUT2D eigenvalue weighted by Gasteiger charge is 2.34. The lowest BCUT2D eigenvalue weighted by atomic mass is 9.72. The van der Waals surface area contributed by atoms with E-state index in [0.717, 1.165) is 5.92 Å². The number of hydrogen-bond donors (Lipinski definition) is 0. The Morgan fingerprint density at radius 2 is 2.21 bits per heavy atom. The number of rotatable bonds is 1. The van der Waals surface area contributed by atoms with Gasteiger partial charge >= 0.3 is 0 Å². The normalized spacial score (nSPS) is 38.4. The highest BCUT2D eigenvalue weighted by Crippen LogP contribution is 2.48. The molecule has 0 saturated carbocycles. The number of halogens is 1. The van der Waals surface area contributed by atoms with Gasteiger partial charge in [-0.25, -0.2) is 0 Å². The molecule has 0 aromatic carbocycles. The minimum absolute atomic E-state index is 0.499. The van der Waals surface area contributed by atoms with Crippen molar-refractivity contribution in [2.45, 2.75) is 62.2 Å². The Morgan fingerprint density at radius 3 is 2.93 bits per heavy atom. The number of allylic oxidation sites excluding steroid dienone is 2. The van der Waals surface area contributed by atoms with Gasteiger partial charge in [-0.1, -0.05) is 47.1 Å². The van der Waals surface area contributed by atoms with Crippen LogP contribution >= 0.6 is 22.6 Å². The number of hydrogen-bond acceptors (Lipinski definition) is 0. The maximum atomic E-state index is 2.69. The third-order valence-corrected chi connectivity index (χ3v) is 5.30. The average molecular weight is 304 g/mol. The van der Waals surface area contributed by atoms with Gasteiger partial charge in [-0.05, 0) is 51.4 Å². The molecule has 0 radical (unpaired) electrons. The van der Waals surface area contributed by atoms with Gasteiger partial charge in [-0.3, -0.25) is 0 Å². The molecule has 80 valence electrons. The molecule has 0 spiro atoms. The van der Waals surface area contributed by atoms with Gasteiger partial charge in [0.15, 0.2) is 0 Å². The first-order chi connectivity index (χ1) is 6.63. The Labute approximate surface area is 102 Å². The van der Waals surface area contributed by atoms with E-state index in [1.165, 1.54) is 44.9 Å². The molecule has 2 atom stereocenters. The van der Waals surface area contributed by atoms with Gasteiger partial charge in [0.25, 0.3) is 0 Å². The predicted molar refractivity (Wildman–Crippen MR) is 70.9 cm³/mol. The summed E-state index contributed by atoms with van der Waals surface area (Å²) in [6, 6.07) is 0. The lowest BCUT2D eigenvalue weighted by molar-refractivity contribution is 0.398. The van der Waals surface area contributed by atoms with Crippen LogP contribution in [0.1, 0.15) is 58.8 Å². The third kappa shape index (κ3) is 2.02. The quantitative estimate of drug-likeness (QED) is 0.368. The standard InChI is InChI=1S/C13H21I/c1-3-10-6-7-11-5-4-8-13(2,14)12(11)9-10/h10H,3-9H2,1-2H3. The summed E-state index contributed by atoms with van der Waals surface area (Å²) >= 11 is 2.69. The van der Waals surface area contributed by atoms with E-state index in [-0.39, 0.29) is 0 Å². The molecule has 0 N–H and O–H groups in total. The molecule has 2 unspecified atom stereocenters. The average Bonchev–Trinajstić information content (AvgIpc) is 2.17. The van der Waals surface area contributed by atoms with Crippen molar-refractivity contribution in [1.82, 2.24) is 0 Å². The Kier molecular flexibility index (Phi) is 3.25. The van der Waals surface area contributed by atoms with Crippen LogP contribution < -0.4 is 0 Å². The van der Waals surface area contributed by atoms with Gasteiger partial charge in [0, 0.05) is 3.42 Å². The van der Waals surface area contributed by atoms with Crippen LogP contribution in [0.25, 0.3) is 0 Å². The van der Waals surface area contributed by atoms with Gasteiger partial charge in [0.2, 0.25) is 0 Å². The topological polar surface area (TPSA) is 0 Å². The van der Waals surface area contributed by atoms with Crippen molar-refractivity contribution in [3.63, 3.8) is 0 Å². The van der Waals surface area contributed by atoms with Crippen molar-refractivity contribution in [2.24, 2.45) is 5.92 Å². The Morgan fingerprint density at radius 1 is 1.43 bits per heavy atom. The summed E-state index contributed by atoms with van der Waals surface area (Å²) < 4.78 is 0.499. The Bertz CT molecular complexity index is 250. The van der Waals surface area contributed by atoms with Crippen LogP contribution in [-0.2, 0) is 0 Å². The second-order valence-corrected chi connectivity index (χ2v) is 7.53. The highest BCUT2D eigenvalue weighted by atomic mass is 127. The van der Waals surface area contributed by atoms with E-state index in [1.807, 2.05) is 11.1 Å². The zero-order chi connectivity index (χ0) is 10.2. The molecule has 2 aliphatic rings. The van der Waals surface area contributed by atoms with Crippen molar-refractivity contribution in [1.29, 1.82) is 0 Å². The first-order valence-electron chi connectivity index (χ1n) is 6.04. The van der Waals surface area contributed by atoms with E-state index >= 15 is 0 Å². The zero-order valence-electron chi connectivity index (χ0n) is 9.41. The maximum absolute atomic E-state index is 2.69. The van der Waals surface area contributed by atoms with E-state index in [1.54, 1.807) is 0 Å². The van der Waals surface area contributed by atoms with Gasteiger partial charge < -0.3 is 0 Å². The summed E-state index contributed by atoms with van der Waals surface area (Å²) in [5, 5.41) is 0. The summed E-state index contributed by atoms with van der Waals surface area (Å²) in [6.45, 7) is 4.80. The molecule has 0 nitrogen and oxygen atoms in total. The molecule has 0 aliphatic heterocycles. The molecular formula is C13H21I. The Hall–Kier alpha value is 0.470. The molecule has 0 amide bonds. The van der Waals surface area contributed by atoms with Crippen molar-refractivity contribution >= 4 is 22.6 Å². The van der Waals surface area contributed by atoms with Crippen LogP contribution in [0.4, 0.5) is 0 Å². The molecule has 2 rings (SSSR count). The zero-order valence-corrected chi connectivity index (χ0v) is 11.6. The summed E-state index contributed by atoms with van der Waals surface area (Å²) in [4.78, 5) is 0. The second-order valence-electron chi connectivity index (χ2n) is 5.15.